The average molecular weight is 371 g/mol. The second-order valence-electron chi connectivity index (χ2n) is 5.39. The predicted octanol–water partition coefficient (Wildman–Crippen LogP) is 2.61. The normalized spacial score (nSPS) is 13.1. The largest absolute Gasteiger partial charge is 0.492 e. The van der Waals surface area contributed by atoms with E-state index in [1.54, 1.807) is 24.9 Å². The maximum absolute atomic E-state index is 14.5. The second-order valence-corrected chi connectivity index (χ2v) is 6.80. The molecule has 24 heavy (non-hydrogen) atoms. The number of rotatable bonds is 5. The second kappa shape index (κ2) is 6.64. The van der Waals surface area contributed by atoms with Crippen LogP contribution in [0.25, 0.3) is 4.96 Å². The highest BCUT2D eigenvalue weighted by molar-refractivity contribution is 7.17. The van der Waals surface area contributed by atoms with Crippen molar-refractivity contribution in [2.75, 3.05) is 20.2 Å². The van der Waals surface area contributed by atoms with Gasteiger partial charge in [0.1, 0.15) is 11.6 Å². The van der Waals surface area contributed by atoms with Gasteiger partial charge in [0.25, 0.3) is 0 Å². The van der Waals surface area contributed by atoms with E-state index in [1.807, 2.05) is 0 Å². The molecule has 2 heterocycles. The van der Waals surface area contributed by atoms with Crippen LogP contribution in [0.4, 0.5) is 4.39 Å². The molecule has 128 valence electrons. The molecule has 0 radical (unpaired) electrons. The Bertz CT molecular complexity index is 862. The number of aryl methyl sites for hydroxylation is 1. The minimum absolute atomic E-state index is 0.107. The molecule has 0 aliphatic carbocycles. The van der Waals surface area contributed by atoms with Crippen LogP contribution in [0.1, 0.15) is 22.3 Å². The number of aromatic nitrogens is 3. The molecular weight excluding hydrogens is 355 g/mol. The fourth-order valence-corrected chi connectivity index (χ4v) is 4.08. The summed E-state index contributed by atoms with van der Waals surface area (Å²) < 4.78 is 15.8. The van der Waals surface area contributed by atoms with Gasteiger partial charge in [0.2, 0.25) is 10.8 Å². The van der Waals surface area contributed by atoms with E-state index < -0.39 is 11.9 Å². The van der Waals surface area contributed by atoms with E-state index in [0.29, 0.717) is 15.7 Å². The highest BCUT2D eigenvalue weighted by Crippen LogP contribution is 2.42. The molecule has 0 saturated carbocycles. The van der Waals surface area contributed by atoms with Gasteiger partial charge >= 0.3 is 0 Å². The molecule has 3 rings (SSSR count). The Morgan fingerprint density at radius 2 is 2.21 bits per heavy atom. The molecule has 0 fully saturated rings. The number of likely N-dealkylation sites (N-methyl/N-ethyl adjacent to an activating group) is 1. The number of aliphatic hydroxyl groups excluding tert-OH is 1. The summed E-state index contributed by atoms with van der Waals surface area (Å²) in [5, 5.41) is 24.2. The van der Waals surface area contributed by atoms with Gasteiger partial charge in [-0.15, -0.1) is 5.10 Å². The zero-order valence-corrected chi connectivity index (χ0v) is 14.6. The van der Waals surface area contributed by atoms with Crippen molar-refractivity contribution < 1.29 is 14.6 Å². The summed E-state index contributed by atoms with van der Waals surface area (Å²) in [5.74, 6) is -0.0520. The van der Waals surface area contributed by atoms with Crippen LogP contribution >= 0.6 is 22.9 Å². The molecule has 3 aromatic rings. The van der Waals surface area contributed by atoms with Crippen molar-refractivity contribution in [1.29, 1.82) is 0 Å². The Balaban J connectivity index is 2.20. The molecule has 1 atom stereocenters. The van der Waals surface area contributed by atoms with E-state index in [2.05, 4.69) is 10.1 Å². The lowest BCUT2D eigenvalue weighted by atomic mass is 10.0. The lowest BCUT2D eigenvalue weighted by Gasteiger charge is -2.28. The molecule has 1 aromatic carbocycles. The fourth-order valence-electron chi connectivity index (χ4n) is 2.64. The third kappa shape index (κ3) is 2.86. The van der Waals surface area contributed by atoms with E-state index in [1.165, 1.54) is 28.0 Å². The number of nitrogens with zero attached hydrogens (tertiary/aromatic N) is 4. The van der Waals surface area contributed by atoms with Crippen molar-refractivity contribution in [2.45, 2.75) is 13.0 Å². The minimum atomic E-state index is -0.667. The third-order valence-electron chi connectivity index (χ3n) is 3.72. The lowest BCUT2D eigenvalue weighted by molar-refractivity contribution is 0.194. The highest BCUT2D eigenvalue weighted by Gasteiger charge is 2.31. The van der Waals surface area contributed by atoms with Crippen molar-refractivity contribution in [2.24, 2.45) is 0 Å². The number of aromatic hydroxyl groups is 1. The maximum Gasteiger partial charge on any atom is 0.230 e. The van der Waals surface area contributed by atoms with E-state index in [9.17, 15) is 14.6 Å². The summed E-state index contributed by atoms with van der Waals surface area (Å²) >= 11 is 7.43. The van der Waals surface area contributed by atoms with Crippen LogP contribution < -0.4 is 0 Å². The summed E-state index contributed by atoms with van der Waals surface area (Å²) in [6.45, 7) is 1.89. The average Bonchev–Trinajstić information content (AvgIpc) is 3.01. The van der Waals surface area contributed by atoms with E-state index in [-0.39, 0.29) is 29.6 Å². The van der Waals surface area contributed by atoms with Crippen molar-refractivity contribution in [3.63, 3.8) is 0 Å². The van der Waals surface area contributed by atoms with Gasteiger partial charge in [-0.1, -0.05) is 29.0 Å². The Hall–Kier alpha value is -1.74. The predicted molar refractivity (Wildman–Crippen MR) is 90.2 cm³/mol. The van der Waals surface area contributed by atoms with Gasteiger partial charge < -0.3 is 10.2 Å². The fraction of sp³-hybridized carbons (Fsp3) is 0.333. The molecule has 0 bridgehead atoms. The minimum Gasteiger partial charge on any atom is -0.492 e. The number of hydrogen-bond acceptors (Lipinski definition) is 6. The van der Waals surface area contributed by atoms with Crippen LogP contribution in [-0.2, 0) is 0 Å². The molecule has 0 amide bonds. The van der Waals surface area contributed by atoms with Crippen molar-refractivity contribution in [3.8, 4) is 5.88 Å². The van der Waals surface area contributed by atoms with Crippen molar-refractivity contribution in [3.05, 3.63) is 45.3 Å². The SMILES string of the molecule is Cc1nc2sc(C(c3c(F)cccc3Cl)N(C)CCO)c(O)n2n1. The highest BCUT2D eigenvalue weighted by atomic mass is 35.5. The first-order valence-corrected chi connectivity index (χ1v) is 8.43. The van der Waals surface area contributed by atoms with Crippen molar-refractivity contribution >= 4 is 27.9 Å². The quantitative estimate of drug-likeness (QED) is 0.722. The standard InChI is InChI=1S/C15H16ClFN4O2S/c1-8-18-15-21(19-8)14(23)13(24-15)12(20(2)6-7-22)11-9(16)4-3-5-10(11)17/h3-5,12,22-23H,6-7H2,1-2H3. The number of benzene rings is 1. The number of hydrogen-bond donors (Lipinski definition) is 2. The molecule has 2 aromatic heterocycles. The van der Waals surface area contributed by atoms with Crippen LogP contribution in [0.5, 0.6) is 5.88 Å². The Morgan fingerprint density at radius 1 is 1.46 bits per heavy atom. The topological polar surface area (TPSA) is 73.9 Å². The first-order valence-electron chi connectivity index (χ1n) is 7.24. The van der Waals surface area contributed by atoms with Gasteiger partial charge in [0.05, 0.1) is 17.5 Å². The number of halogens is 2. The number of aliphatic hydroxyl groups is 1. The zero-order chi connectivity index (χ0) is 17.4. The molecule has 1 unspecified atom stereocenters. The van der Waals surface area contributed by atoms with E-state index >= 15 is 0 Å². The molecule has 2 N–H and O–H groups in total. The number of thiazole rings is 1. The Kier molecular flexibility index (Phi) is 4.73. The molecule has 0 spiro atoms. The summed E-state index contributed by atoms with van der Waals surface area (Å²) in [6.07, 6.45) is 0. The van der Waals surface area contributed by atoms with Crippen molar-refractivity contribution in [1.82, 2.24) is 19.5 Å². The summed E-state index contributed by atoms with van der Waals surface area (Å²) in [6, 6.07) is 3.77. The first kappa shape index (κ1) is 17.1. The van der Waals surface area contributed by atoms with E-state index in [0.717, 1.165) is 0 Å². The number of fused-ring (bicyclic) bond motifs is 1. The molecule has 0 aliphatic rings. The Morgan fingerprint density at radius 3 is 2.83 bits per heavy atom. The first-order chi connectivity index (χ1) is 11.4. The summed E-state index contributed by atoms with van der Waals surface area (Å²) in [7, 11) is 1.73. The van der Waals surface area contributed by atoms with Crippen LogP contribution in [0.3, 0.4) is 0 Å². The van der Waals surface area contributed by atoms with Crippen LogP contribution in [0.2, 0.25) is 5.02 Å². The van der Waals surface area contributed by atoms with Gasteiger partial charge in [-0.05, 0) is 26.1 Å². The van der Waals surface area contributed by atoms with E-state index in [4.69, 9.17) is 11.6 Å². The summed E-state index contributed by atoms with van der Waals surface area (Å²) in [4.78, 5) is 6.94. The molecular formula is C15H16ClFN4O2S. The maximum atomic E-state index is 14.5. The van der Waals surface area contributed by atoms with Gasteiger partial charge in [0, 0.05) is 17.1 Å². The molecule has 9 heteroatoms. The van der Waals surface area contributed by atoms with Gasteiger partial charge in [0.15, 0.2) is 0 Å². The molecule has 6 nitrogen and oxygen atoms in total. The third-order valence-corrected chi connectivity index (χ3v) is 5.12. The molecule has 0 saturated heterocycles. The van der Waals surface area contributed by atoms with Gasteiger partial charge in [-0.2, -0.15) is 4.52 Å². The zero-order valence-electron chi connectivity index (χ0n) is 13.1. The van der Waals surface area contributed by atoms with Crippen LogP contribution in [0, 0.1) is 12.7 Å². The Labute approximate surface area is 146 Å². The monoisotopic (exact) mass is 370 g/mol. The lowest BCUT2D eigenvalue weighted by Crippen LogP contribution is -2.29. The van der Waals surface area contributed by atoms with Gasteiger partial charge in [-0.25, -0.2) is 9.37 Å². The van der Waals surface area contributed by atoms with Gasteiger partial charge in [-0.3, -0.25) is 4.90 Å². The summed E-state index contributed by atoms with van der Waals surface area (Å²) in [5.41, 5.74) is 0.242. The van der Waals surface area contributed by atoms with Crippen LogP contribution in [0.15, 0.2) is 18.2 Å². The van der Waals surface area contributed by atoms with Crippen LogP contribution in [-0.4, -0.2) is 49.9 Å². The molecule has 0 aliphatic heterocycles. The smallest absolute Gasteiger partial charge is 0.230 e.